The van der Waals surface area contributed by atoms with E-state index in [0.717, 1.165) is 36.8 Å². The third-order valence-electron chi connectivity index (χ3n) is 6.19. The first kappa shape index (κ1) is 51.2. The van der Waals surface area contributed by atoms with Crippen molar-refractivity contribution < 1.29 is 53.6 Å². The number of hydrogen-bond acceptors (Lipinski definition) is 8. The highest BCUT2D eigenvalue weighted by Crippen LogP contribution is 2.21. The number of benzene rings is 2. The lowest BCUT2D eigenvalue weighted by Crippen LogP contribution is -2.41. The van der Waals surface area contributed by atoms with E-state index in [4.69, 9.17) is 20.1 Å². The van der Waals surface area contributed by atoms with Crippen molar-refractivity contribution in [3.8, 4) is 5.75 Å². The van der Waals surface area contributed by atoms with Crippen molar-refractivity contribution in [1.82, 2.24) is 16.0 Å². The van der Waals surface area contributed by atoms with Gasteiger partial charge in [0, 0.05) is 25.1 Å². The molecule has 0 saturated heterocycles. The average molecular weight is 736 g/mol. The van der Waals surface area contributed by atoms with Gasteiger partial charge in [0.1, 0.15) is 11.8 Å². The molecule has 14 nitrogen and oxygen atoms in total. The van der Waals surface area contributed by atoms with E-state index in [9.17, 15) is 28.8 Å². The van der Waals surface area contributed by atoms with Crippen molar-refractivity contribution in [2.45, 2.75) is 107 Å². The van der Waals surface area contributed by atoms with E-state index in [0.29, 0.717) is 36.6 Å². The van der Waals surface area contributed by atoms with Crippen LogP contribution in [-0.4, -0.2) is 83.5 Å². The first-order valence-electron chi connectivity index (χ1n) is 17.8. The summed E-state index contributed by atoms with van der Waals surface area (Å²) in [6, 6.07) is 11.7. The van der Waals surface area contributed by atoms with Gasteiger partial charge in [-0.15, -0.1) is 0 Å². The van der Waals surface area contributed by atoms with Crippen LogP contribution in [0.3, 0.4) is 0 Å². The average Bonchev–Trinajstić information content (AvgIpc) is 3.13. The van der Waals surface area contributed by atoms with Gasteiger partial charge in [-0.3, -0.25) is 14.4 Å². The van der Waals surface area contributed by atoms with E-state index < -0.39 is 43.1 Å². The van der Waals surface area contributed by atoms with Gasteiger partial charge >= 0.3 is 24.0 Å². The smallest absolute Gasteiger partial charge is 0.408 e. The molecule has 52 heavy (non-hydrogen) atoms. The summed E-state index contributed by atoms with van der Waals surface area (Å²) in [4.78, 5) is 66.2. The molecule has 2 aromatic carbocycles. The lowest BCUT2D eigenvalue weighted by Gasteiger charge is -2.13. The van der Waals surface area contributed by atoms with Gasteiger partial charge in [-0.25, -0.2) is 14.4 Å². The molecule has 0 saturated carbocycles. The minimum atomic E-state index is -1.44. The second-order valence-electron chi connectivity index (χ2n) is 10.2. The van der Waals surface area contributed by atoms with Gasteiger partial charge < -0.3 is 40.7 Å². The Labute approximate surface area is 308 Å². The molecule has 0 radical (unpaired) electrons. The molecular formula is C38H61N3O11. The lowest BCUT2D eigenvalue weighted by molar-refractivity contribution is -0.140. The van der Waals surface area contributed by atoms with Crippen molar-refractivity contribution in [2.75, 3.05) is 26.3 Å². The Balaban J connectivity index is -0.000000893. The number of nitrogens with one attached hydrogen (secondary N) is 3. The predicted molar refractivity (Wildman–Crippen MR) is 201 cm³/mol. The van der Waals surface area contributed by atoms with Gasteiger partial charge in [0.2, 0.25) is 0 Å². The number of aryl methyl sites for hydroxylation is 2. The summed E-state index contributed by atoms with van der Waals surface area (Å²) in [6.45, 7) is 18.9. The Bertz CT molecular complexity index is 1320. The van der Waals surface area contributed by atoms with Gasteiger partial charge in [0.25, 0.3) is 11.8 Å². The van der Waals surface area contributed by atoms with Crippen molar-refractivity contribution >= 4 is 35.8 Å². The monoisotopic (exact) mass is 735 g/mol. The standard InChI is InChI=1S/C24H32N2O3.C8H11NO8.3C2H6/c1-4-5-14-26-24(28)21-13-10-19(3)17-22(21)29-16-7-6-15-25-23(27)20-11-8-18(2)9-12-20;10-5(11)2-1-4(7(14)15)9-8(16)17-3-6(12)13;3*1-2/h8-13,17H,4-7,14-16H2,1-3H3,(H,25,27)(H,26,28);4H,1-3H2,(H,9,16)(H,10,11)(H,12,13)(H,14,15);3*1-2H3. The molecule has 0 aliphatic rings. The first-order chi connectivity index (χ1) is 24.8. The molecule has 0 fully saturated rings. The Kier molecular flexibility index (Phi) is 32.5. The van der Waals surface area contributed by atoms with Crippen molar-refractivity contribution in [1.29, 1.82) is 0 Å². The molecule has 14 heteroatoms. The summed E-state index contributed by atoms with van der Waals surface area (Å²) >= 11 is 0. The molecule has 0 aliphatic heterocycles. The Hall–Kier alpha value is -5.14. The molecular weight excluding hydrogens is 674 g/mol. The van der Waals surface area contributed by atoms with Crippen LogP contribution in [0.15, 0.2) is 42.5 Å². The number of aliphatic carboxylic acids is 3. The number of ether oxygens (including phenoxy) is 2. The SMILES string of the molecule is CC.CC.CC.CCCCNC(=O)c1ccc(C)cc1OCCCCNC(=O)c1ccc(C)cc1.O=C(O)CCC(NC(=O)OCC(=O)O)C(=O)O. The topological polar surface area (TPSA) is 218 Å². The second-order valence-corrected chi connectivity index (χ2v) is 10.2. The van der Waals surface area contributed by atoms with Crippen LogP contribution in [-0.2, 0) is 19.1 Å². The van der Waals surface area contributed by atoms with E-state index in [1.807, 2.05) is 103 Å². The van der Waals surface area contributed by atoms with Crippen LogP contribution in [0.4, 0.5) is 4.79 Å². The fraction of sp³-hybridized carbons (Fsp3) is 0.526. The van der Waals surface area contributed by atoms with Gasteiger partial charge in [-0.05, 0) is 69.4 Å². The van der Waals surface area contributed by atoms with Crippen molar-refractivity contribution in [3.05, 3.63) is 64.7 Å². The fourth-order valence-corrected chi connectivity index (χ4v) is 3.66. The number of unbranched alkanes of at least 4 members (excludes halogenated alkanes) is 2. The third-order valence-corrected chi connectivity index (χ3v) is 6.19. The predicted octanol–water partition coefficient (Wildman–Crippen LogP) is 6.62. The minimum Gasteiger partial charge on any atom is -0.493 e. The van der Waals surface area contributed by atoms with E-state index in [1.54, 1.807) is 0 Å². The van der Waals surface area contributed by atoms with E-state index in [-0.39, 0.29) is 18.2 Å². The van der Waals surface area contributed by atoms with Gasteiger partial charge in [-0.2, -0.15) is 0 Å². The number of alkyl carbamates (subject to hydrolysis) is 1. The highest BCUT2D eigenvalue weighted by atomic mass is 16.6. The van der Waals surface area contributed by atoms with Gasteiger partial charge in [0.15, 0.2) is 6.61 Å². The van der Waals surface area contributed by atoms with Gasteiger partial charge in [0.05, 0.1) is 12.2 Å². The van der Waals surface area contributed by atoms with Crippen LogP contribution in [0.25, 0.3) is 0 Å². The minimum absolute atomic E-state index is 0.0596. The van der Waals surface area contributed by atoms with Gasteiger partial charge in [-0.1, -0.05) is 78.6 Å². The van der Waals surface area contributed by atoms with Crippen LogP contribution < -0.4 is 20.7 Å². The zero-order valence-corrected chi connectivity index (χ0v) is 32.3. The summed E-state index contributed by atoms with van der Waals surface area (Å²) < 4.78 is 10.0. The molecule has 2 aromatic rings. The number of hydrogen-bond donors (Lipinski definition) is 6. The summed E-state index contributed by atoms with van der Waals surface area (Å²) in [5.41, 5.74) is 3.42. The third kappa shape index (κ3) is 25.8. The maximum atomic E-state index is 12.4. The zero-order chi connectivity index (χ0) is 40.5. The summed E-state index contributed by atoms with van der Waals surface area (Å²) in [5.74, 6) is -3.58. The van der Waals surface area contributed by atoms with Crippen LogP contribution in [0, 0.1) is 13.8 Å². The first-order valence-corrected chi connectivity index (χ1v) is 17.8. The Morgan fingerprint density at radius 2 is 1.27 bits per heavy atom. The molecule has 0 heterocycles. The van der Waals surface area contributed by atoms with E-state index in [2.05, 4.69) is 22.3 Å². The number of carboxylic acids is 3. The summed E-state index contributed by atoms with van der Waals surface area (Å²) in [7, 11) is 0. The largest absolute Gasteiger partial charge is 0.493 e. The highest BCUT2D eigenvalue weighted by molar-refractivity contribution is 5.97. The maximum absolute atomic E-state index is 12.4. The number of carbonyl (C=O) groups excluding carboxylic acids is 3. The molecule has 2 rings (SSSR count). The van der Waals surface area contributed by atoms with Crippen LogP contribution >= 0.6 is 0 Å². The molecule has 3 amide bonds. The Morgan fingerprint density at radius 3 is 1.81 bits per heavy atom. The zero-order valence-electron chi connectivity index (χ0n) is 32.3. The highest BCUT2D eigenvalue weighted by Gasteiger charge is 2.22. The lowest BCUT2D eigenvalue weighted by atomic mass is 10.1. The fourth-order valence-electron chi connectivity index (χ4n) is 3.66. The number of carbonyl (C=O) groups is 6. The molecule has 1 atom stereocenters. The molecule has 0 aromatic heterocycles. The molecule has 1 unspecified atom stereocenters. The second kappa shape index (κ2) is 33.0. The number of amides is 3. The molecule has 0 spiro atoms. The molecule has 6 N–H and O–H groups in total. The molecule has 0 aliphatic carbocycles. The van der Waals surface area contributed by atoms with Crippen LogP contribution in [0.1, 0.15) is 119 Å². The van der Waals surface area contributed by atoms with E-state index in [1.165, 1.54) is 0 Å². The quantitative estimate of drug-likeness (QED) is 0.0894. The normalized spacial score (nSPS) is 9.87. The van der Waals surface area contributed by atoms with Crippen LogP contribution in [0.5, 0.6) is 5.75 Å². The van der Waals surface area contributed by atoms with Crippen molar-refractivity contribution in [2.24, 2.45) is 0 Å². The van der Waals surface area contributed by atoms with Crippen LogP contribution in [0.2, 0.25) is 0 Å². The molecule has 294 valence electrons. The maximum Gasteiger partial charge on any atom is 0.408 e. The Morgan fingerprint density at radius 1 is 0.712 bits per heavy atom. The molecule has 0 bridgehead atoms. The number of rotatable bonds is 18. The number of carboxylic acid groups (broad SMARTS) is 3. The summed E-state index contributed by atoms with van der Waals surface area (Å²) in [5, 5.41) is 32.9. The summed E-state index contributed by atoms with van der Waals surface area (Å²) in [6.07, 6.45) is 1.59. The van der Waals surface area contributed by atoms with E-state index >= 15 is 0 Å². The van der Waals surface area contributed by atoms with Crippen molar-refractivity contribution in [3.63, 3.8) is 0 Å².